The van der Waals surface area contributed by atoms with Crippen LogP contribution in [0.3, 0.4) is 0 Å². The first-order chi connectivity index (χ1) is 9.08. The van der Waals surface area contributed by atoms with Gasteiger partial charge in [-0.25, -0.2) is 0 Å². The molecule has 0 radical (unpaired) electrons. The Hall–Kier alpha value is -1.32. The summed E-state index contributed by atoms with van der Waals surface area (Å²) in [6.45, 7) is 1.93. The van der Waals surface area contributed by atoms with Crippen LogP contribution in [0.15, 0.2) is 46.9 Å². The molecule has 2 aromatic carbocycles. The van der Waals surface area contributed by atoms with Crippen molar-refractivity contribution in [3.05, 3.63) is 63.1 Å². The summed E-state index contributed by atoms with van der Waals surface area (Å²) in [5.74, 6) is 0.710. The molecule has 0 aliphatic rings. The molecule has 0 atom stereocenters. The summed E-state index contributed by atoms with van der Waals surface area (Å²) in [4.78, 5) is 11.3. The molecule has 4 heteroatoms. The zero-order chi connectivity index (χ0) is 13.8. The first kappa shape index (κ1) is 14.1. The van der Waals surface area contributed by atoms with Crippen LogP contribution < -0.4 is 4.74 Å². The van der Waals surface area contributed by atoms with Gasteiger partial charge in [0.25, 0.3) is 0 Å². The van der Waals surface area contributed by atoms with Gasteiger partial charge in [-0.05, 0) is 47.1 Å². The third-order valence-electron chi connectivity index (χ3n) is 2.67. The highest BCUT2D eigenvalue weighted by Crippen LogP contribution is 2.25. The van der Waals surface area contributed by atoms with Crippen molar-refractivity contribution in [3.63, 3.8) is 0 Å². The lowest BCUT2D eigenvalue weighted by Crippen LogP contribution is -1.98. The second-order valence-electron chi connectivity index (χ2n) is 4.08. The fourth-order valence-corrected chi connectivity index (χ4v) is 2.47. The fraction of sp³-hybridized carbons (Fsp3) is 0.133. The highest BCUT2D eigenvalue weighted by atomic mass is 79.9. The lowest BCUT2D eigenvalue weighted by Gasteiger charge is -2.09. The van der Waals surface area contributed by atoms with Gasteiger partial charge in [0.15, 0.2) is 5.78 Å². The monoisotopic (exact) mass is 338 g/mol. The van der Waals surface area contributed by atoms with E-state index < -0.39 is 0 Å². The molecule has 0 saturated carbocycles. The minimum atomic E-state index is 0.0181. The van der Waals surface area contributed by atoms with Gasteiger partial charge < -0.3 is 4.74 Å². The van der Waals surface area contributed by atoms with E-state index in [1.54, 1.807) is 18.2 Å². The average Bonchev–Trinajstić information content (AvgIpc) is 2.37. The van der Waals surface area contributed by atoms with Crippen molar-refractivity contribution in [2.75, 3.05) is 0 Å². The third kappa shape index (κ3) is 3.58. The molecule has 98 valence electrons. The molecule has 0 unspecified atom stereocenters. The number of rotatable bonds is 4. The number of halogens is 2. The Morgan fingerprint density at radius 3 is 2.63 bits per heavy atom. The summed E-state index contributed by atoms with van der Waals surface area (Å²) in [5.41, 5.74) is 1.57. The zero-order valence-electron chi connectivity index (χ0n) is 10.3. The third-order valence-corrected chi connectivity index (χ3v) is 3.70. The number of ketones is 1. The average molecular weight is 340 g/mol. The molecule has 0 bridgehead atoms. The lowest BCUT2D eigenvalue weighted by molar-refractivity contribution is 0.101. The van der Waals surface area contributed by atoms with Crippen LogP contribution in [0.1, 0.15) is 22.8 Å². The van der Waals surface area contributed by atoms with Gasteiger partial charge in [0, 0.05) is 20.6 Å². The Kier molecular flexibility index (Phi) is 4.61. The second-order valence-corrected chi connectivity index (χ2v) is 5.34. The molecule has 2 rings (SSSR count). The van der Waals surface area contributed by atoms with Crippen molar-refractivity contribution in [1.82, 2.24) is 0 Å². The molecule has 2 nitrogen and oxygen atoms in total. The van der Waals surface area contributed by atoms with E-state index in [1.165, 1.54) is 6.92 Å². The van der Waals surface area contributed by atoms with Crippen molar-refractivity contribution in [3.8, 4) is 5.75 Å². The van der Waals surface area contributed by atoms with E-state index in [2.05, 4.69) is 15.9 Å². The number of benzene rings is 2. The summed E-state index contributed by atoms with van der Waals surface area (Å²) in [6, 6.07) is 12.8. The quantitative estimate of drug-likeness (QED) is 0.742. The molecule has 0 aliphatic heterocycles. The van der Waals surface area contributed by atoms with Crippen molar-refractivity contribution in [2.24, 2.45) is 0 Å². The first-order valence-corrected chi connectivity index (χ1v) is 6.91. The Balaban J connectivity index is 2.11. The smallest absolute Gasteiger partial charge is 0.160 e. The molecule has 0 heterocycles. The maximum Gasteiger partial charge on any atom is 0.160 e. The van der Waals surface area contributed by atoms with Gasteiger partial charge in [-0.3, -0.25) is 4.79 Å². The summed E-state index contributed by atoms with van der Waals surface area (Å²) in [5, 5.41) is 0.682. The Morgan fingerprint density at radius 2 is 2.00 bits per heavy atom. The van der Waals surface area contributed by atoms with E-state index >= 15 is 0 Å². The summed E-state index contributed by atoms with van der Waals surface area (Å²) >= 11 is 9.42. The fourth-order valence-electron chi connectivity index (χ4n) is 1.65. The van der Waals surface area contributed by atoms with Crippen LogP contribution in [-0.4, -0.2) is 5.78 Å². The molecule has 19 heavy (non-hydrogen) atoms. The zero-order valence-corrected chi connectivity index (χ0v) is 12.7. The molecule has 0 fully saturated rings. The first-order valence-electron chi connectivity index (χ1n) is 5.74. The molecular weight excluding hydrogens is 328 g/mol. The predicted octanol–water partition coefficient (Wildman–Crippen LogP) is 4.88. The molecule has 0 amide bonds. The van der Waals surface area contributed by atoms with Crippen LogP contribution in [0.25, 0.3) is 0 Å². The normalized spacial score (nSPS) is 10.3. The lowest BCUT2D eigenvalue weighted by atomic mass is 10.1. The van der Waals surface area contributed by atoms with Crippen molar-refractivity contribution >= 4 is 33.3 Å². The topological polar surface area (TPSA) is 26.3 Å². The number of ether oxygens (including phenoxy) is 1. The predicted molar refractivity (Wildman–Crippen MR) is 79.9 cm³/mol. The van der Waals surface area contributed by atoms with E-state index in [1.807, 2.05) is 24.3 Å². The van der Waals surface area contributed by atoms with Gasteiger partial charge >= 0.3 is 0 Å². The standard InChI is InChI=1S/C15H12BrClO2/c1-10(18)13-7-6-12(8-14(13)16)19-9-11-4-2-3-5-15(11)17/h2-8H,9H2,1H3. The van der Waals surface area contributed by atoms with Crippen LogP contribution in [0.2, 0.25) is 5.02 Å². The van der Waals surface area contributed by atoms with Crippen LogP contribution in [0.5, 0.6) is 5.75 Å². The van der Waals surface area contributed by atoms with Crippen LogP contribution >= 0.6 is 27.5 Å². The maximum atomic E-state index is 11.3. The van der Waals surface area contributed by atoms with Crippen molar-refractivity contribution in [2.45, 2.75) is 13.5 Å². The minimum absolute atomic E-state index is 0.0181. The molecule has 2 aromatic rings. The number of Topliss-reactive ketones (excluding diaryl/α,β-unsaturated/α-hetero) is 1. The molecule has 0 aromatic heterocycles. The van der Waals surface area contributed by atoms with E-state index in [0.29, 0.717) is 22.9 Å². The Labute approximate surface area is 125 Å². The summed E-state index contributed by atoms with van der Waals surface area (Å²) < 4.78 is 6.40. The van der Waals surface area contributed by atoms with Gasteiger partial charge in [-0.15, -0.1) is 0 Å². The van der Waals surface area contributed by atoms with E-state index in [-0.39, 0.29) is 5.78 Å². The van der Waals surface area contributed by atoms with Crippen molar-refractivity contribution in [1.29, 1.82) is 0 Å². The van der Waals surface area contributed by atoms with Gasteiger partial charge in [-0.1, -0.05) is 29.8 Å². The van der Waals surface area contributed by atoms with E-state index in [4.69, 9.17) is 16.3 Å². The van der Waals surface area contributed by atoms with E-state index in [0.717, 1.165) is 10.0 Å². The molecular formula is C15H12BrClO2. The van der Waals surface area contributed by atoms with Crippen LogP contribution in [0, 0.1) is 0 Å². The number of carbonyl (C=O) groups is 1. The molecule has 0 N–H and O–H groups in total. The minimum Gasteiger partial charge on any atom is -0.489 e. The largest absolute Gasteiger partial charge is 0.489 e. The number of hydrogen-bond acceptors (Lipinski definition) is 2. The molecule has 0 saturated heterocycles. The molecule has 0 spiro atoms. The van der Waals surface area contributed by atoms with Gasteiger partial charge in [0.2, 0.25) is 0 Å². The van der Waals surface area contributed by atoms with Gasteiger partial charge in [0.05, 0.1) is 0 Å². The number of hydrogen-bond donors (Lipinski definition) is 0. The molecule has 0 aliphatic carbocycles. The van der Waals surface area contributed by atoms with Crippen molar-refractivity contribution < 1.29 is 9.53 Å². The highest BCUT2D eigenvalue weighted by Gasteiger charge is 2.07. The van der Waals surface area contributed by atoms with E-state index in [9.17, 15) is 4.79 Å². The van der Waals surface area contributed by atoms with Crippen LogP contribution in [-0.2, 0) is 6.61 Å². The highest BCUT2D eigenvalue weighted by molar-refractivity contribution is 9.10. The SMILES string of the molecule is CC(=O)c1ccc(OCc2ccccc2Cl)cc1Br. The maximum absolute atomic E-state index is 11.3. The Morgan fingerprint density at radius 1 is 1.26 bits per heavy atom. The van der Waals surface area contributed by atoms with Gasteiger partial charge in [0.1, 0.15) is 12.4 Å². The summed E-state index contributed by atoms with van der Waals surface area (Å²) in [7, 11) is 0. The van der Waals surface area contributed by atoms with Gasteiger partial charge in [-0.2, -0.15) is 0 Å². The second kappa shape index (κ2) is 6.22. The van der Waals surface area contributed by atoms with Crippen LogP contribution in [0.4, 0.5) is 0 Å². The Bertz CT molecular complexity index is 611. The number of carbonyl (C=O) groups excluding carboxylic acids is 1. The summed E-state index contributed by atoms with van der Waals surface area (Å²) in [6.07, 6.45) is 0.